The van der Waals surface area contributed by atoms with Crippen molar-refractivity contribution in [2.45, 2.75) is 12.6 Å². The Hall–Kier alpha value is -2.49. The van der Waals surface area contributed by atoms with E-state index in [4.69, 9.17) is 37.4 Å². The summed E-state index contributed by atoms with van der Waals surface area (Å²) in [6, 6.07) is 4.31. The monoisotopic (exact) mass is 473 g/mol. The molecule has 0 spiro atoms. The number of nitrogens with one attached hydrogen (secondary N) is 1. The van der Waals surface area contributed by atoms with E-state index >= 15 is 0 Å². The number of amides is 2. The van der Waals surface area contributed by atoms with E-state index in [2.05, 4.69) is 5.32 Å². The van der Waals surface area contributed by atoms with E-state index < -0.39 is 23.7 Å². The van der Waals surface area contributed by atoms with E-state index in [1.165, 1.54) is 16.7 Å². The van der Waals surface area contributed by atoms with E-state index in [1.54, 1.807) is 32.3 Å². The molecule has 1 heterocycles. The lowest BCUT2D eigenvalue weighted by molar-refractivity contribution is -0.188. The highest BCUT2D eigenvalue weighted by molar-refractivity contribution is 6.34. The molecule has 0 saturated heterocycles. The smallest absolute Gasteiger partial charge is 0.333 e. The van der Waals surface area contributed by atoms with E-state index in [1.807, 2.05) is 0 Å². The maximum atomic E-state index is 13.2. The lowest BCUT2D eigenvalue weighted by atomic mass is 10.2. The van der Waals surface area contributed by atoms with Gasteiger partial charge in [0, 0.05) is 42.3 Å². The number of carbonyl (C=O) groups is 3. The third-order valence-electron chi connectivity index (χ3n) is 4.40. The molecule has 2 amide bonds. The molecule has 0 aliphatic carbocycles. The number of hydrogen-bond acceptors (Lipinski definition) is 7. The number of nitrogens with zero attached hydrogens (tertiary/aromatic N) is 2. The van der Waals surface area contributed by atoms with Gasteiger partial charge in [-0.2, -0.15) is 0 Å². The zero-order chi connectivity index (χ0) is 23.0. The van der Waals surface area contributed by atoms with E-state index in [0.717, 1.165) is 12.2 Å². The Balaban J connectivity index is 2.22. The summed E-state index contributed by atoms with van der Waals surface area (Å²) >= 11 is 12.0. The minimum atomic E-state index is -1.54. The van der Waals surface area contributed by atoms with Gasteiger partial charge >= 0.3 is 18.0 Å². The first-order valence-corrected chi connectivity index (χ1v) is 10.2. The van der Waals surface area contributed by atoms with Crippen LogP contribution in [0.2, 0.25) is 10.0 Å². The number of carbonyl (C=O) groups excluding carboxylic acids is 3. The largest absolute Gasteiger partial charge is 0.492 e. The number of benzene rings is 1. The number of likely N-dealkylation sites (N-methyl/N-ethyl adjacent to an activating group) is 2. The van der Waals surface area contributed by atoms with Crippen molar-refractivity contribution in [3.05, 3.63) is 40.4 Å². The lowest BCUT2D eigenvalue weighted by Gasteiger charge is -2.41. The first kappa shape index (κ1) is 24.8. The standard InChI is InChI=1S/C20H25Cl2N3O6/c1-20(13-30-17(26)4-5-18(27)31-20)25(19(28)24(3)7-6-23-2)8-9-29-16-11-14(21)10-15(22)12-16/h4-5,10-12,23H,6-9,13H2,1-3H3/b5-4-. The van der Waals surface area contributed by atoms with Crippen LogP contribution in [-0.2, 0) is 19.1 Å². The minimum Gasteiger partial charge on any atom is -0.492 e. The molecule has 1 atom stereocenters. The van der Waals surface area contributed by atoms with Gasteiger partial charge in [-0.15, -0.1) is 0 Å². The predicted octanol–water partition coefficient (Wildman–Crippen LogP) is 2.32. The van der Waals surface area contributed by atoms with Crippen molar-refractivity contribution in [3.8, 4) is 5.75 Å². The summed E-state index contributed by atoms with van der Waals surface area (Å²) in [6.45, 7) is 2.19. The highest BCUT2D eigenvalue weighted by atomic mass is 35.5. The molecule has 0 saturated carbocycles. The van der Waals surface area contributed by atoms with Gasteiger partial charge in [-0.3, -0.25) is 4.90 Å². The highest BCUT2D eigenvalue weighted by Gasteiger charge is 2.42. The SMILES string of the molecule is CNCCN(C)C(=O)N(CCOc1cc(Cl)cc(Cl)c1)C1(C)COC(=O)/C=C\C(=O)O1. The molecule has 1 aliphatic rings. The van der Waals surface area contributed by atoms with Crippen LogP contribution in [0.1, 0.15) is 6.92 Å². The van der Waals surface area contributed by atoms with Crippen molar-refractivity contribution in [2.75, 3.05) is 46.9 Å². The Labute approximate surface area is 190 Å². The summed E-state index contributed by atoms with van der Waals surface area (Å²) in [4.78, 5) is 39.7. The Morgan fingerprint density at radius 1 is 1.16 bits per heavy atom. The summed E-state index contributed by atoms with van der Waals surface area (Å²) < 4.78 is 16.3. The van der Waals surface area contributed by atoms with Crippen molar-refractivity contribution in [1.82, 2.24) is 15.1 Å². The van der Waals surface area contributed by atoms with Crippen LogP contribution in [0.25, 0.3) is 0 Å². The Kier molecular flexibility index (Phi) is 8.97. The molecule has 0 radical (unpaired) electrons. The fourth-order valence-corrected chi connectivity index (χ4v) is 3.29. The molecule has 2 rings (SSSR count). The van der Waals surface area contributed by atoms with Crippen molar-refractivity contribution in [1.29, 1.82) is 0 Å². The van der Waals surface area contributed by atoms with Crippen LogP contribution in [0.3, 0.4) is 0 Å². The highest BCUT2D eigenvalue weighted by Crippen LogP contribution is 2.25. The van der Waals surface area contributed by atoms with Gasteiger partial charge in [0.1, 0.15) is 12.4 Å². The van der Waals surface area contributed by atoms with Crippen LogP contribution in [0.5, 0.6) is 5.75 Å². The van der Waals surface area contributed by atoms with Gasteiger partial charge in [-0.05, 0) is 32.2 Å². The van der Waals surface area contributed by atoms with Crippen LogP contribution in [-0.4, -0.2) is 80.4 Å². The second-order valence-corrected chi connectivity index (χ2v) is 7.82. The van der Waals surface area contributed by atoms with E-state index in [-0.39, 0.29) is 19.8 Å². The van der Waals surface area contributed by atoms with Crippen molar-refractivity contribution in [2.24, 2.45) is 0 Å². The number of urea groups is 1. The molecule has 1 aromatic carbocycles. The topological polar surface area (TPSA) is 97.4 Å². The maximum Gasteiger partial charge on any atom is 0.333 e. The summed E-state index contributed by atoms with van der Waals surface area (Å²) in [7, 11) is 3.38. The number of halogens is 2. The normalized spacial score (nSPS) is 19.5. The Morgan fingerprint density at radius 3 is 2.45 bits per heavy atom. The van der Waals surface area contributed by atoms with Gasteiger partial charge in [-0.25, -0.2) is 14.4 Å². The van der Waals surface area contributed by atoms with Crippen LogP contribution in [0, 0.1) is 0 Å². The van der Waals surface area contributed by atoms with Gasteiger partial charge in [0.15, 0.2) is 6.61 Å². The molecular weight excluding hydrogens is 449 g/mol. The van der Waals surface area contributed by atoms with Crippen molar-refractivity contribution < 1.29 is 28.6 Å². The maximum absolute atomic E-state index is 13.2. The minimum absolute atomic E-state index is 0.0257. The fraction of sp³-hybridized carbons (Fsp3) is 0.450. The van der Waals surface area contributed by atoms with Crippen LogP contribution >= 0.6 is 23.2 Å². The molecule has 170 valence electrons. The molecule has 31 heavy (non-hydrogen) atoms. The molecule has 1 N–H and O–H groups in total. The zero-order valence-corrected chi connectivity index (χ0v) is 19.0. The Bertz CT molecular complexity index is 830. The van der Waals surface area contributed by atoms with E-state index in [9.17, 15) is 14.4 Å². The molecule has 0 fully saturated rings. The molecule has 0 bridgehead atoms. The van der Waals surface area contributed by atoms with E-state index in [0.29, 0.717) is 28.9 Å². The number of esters is 2. The number of cyclic esters (lactones) is 2. The van der Waals surface area contributed by atoms with Gasteiger partial charge in [0.2, 0.25) is 5.72 Å². The van der Waals surface area contributed by atoms with Crippen molar-refractivity contribution in [3.63, 3.8) is 0 Å². The molecule has 1 aliphatic heterocycles. The van der Waals surface area contributed by atoms with Gasteiger partial charge in [0.05, 0.1) is 6.54 Å². The average molecular weight is 474 g/mol. The van der Waals surface area contributed by atoms with Gasteiger partial charge < -0.3 is 24.4 Å². The van der Waals surface area contributed by atoms with Crippen LogP contribution < -0.4 is 10.1 Å². The summed E-state index contributed by atoms with van der Waals surface area (Å²) in [5.74, 6) is -1.05. The first-order valence-electron chi connectivity index (χ1n) is 9.48. The third-order valence-corrected chi connectivity index (χ3v) is 4.84. The number of ether oxygens (including phenoxy) is 3. The number of rotatable bonds is 8. The Morgan fingerprint density at radius 2 is 1.81 bits per heavy atom. The lowest BCUT2D eigenvalue weighted by Crippen LogP contribution is -2.60. The molecule has 1 aromatic rings. The molecule has 0 aromatic heterocycles. The zero-order valence-electron chi connectivity index (χ0n) is 17.5. The number of hydrogen-bond donors (Lipinski definition) is 1. The average Bonchev–Trinajstić information content (AvgIpc) is 2.70. The predicted molar refractivity (Wildman–Crippen MR) is 115 cm³/mol. The third kappa shape index (κ3) is 7.30. The second-order valence-electron chi connectivity index (χ2n) is 6.95. The van der Waals surface area contributed by atoms with Gasteiger partial charge in [-0.1, -0.05) is 23.2 Å². The summed E-state index contributed by atoms with van der Waals surface area (Å²) in [6.07, 6.45) is 1.93. The van der Waals surface area contributed by atoms with Crippen LogP contribution in [0.15, 0.2) is 30.4 Å². The quantitative estimate of drug-likeness (QED) is 0.578. The molecule has 9 nitrogen and oxygen atoms in total. The molecular formula is C20H25Cl2N3O6. The molecule has 1 unspecified atom stereocenters. The first-order chi connectivity index (χ1) is 14.6. The summed E-state index contributed by atoms with van der Waals surface area (Å²) in [5, 5.41) is 3.77. The summed E-state index contributed by atoms with van der Waals surface area (Å²) in [5.41, 5.74) is -1.54. The fourth-order valence-electron chi connectivity index (χ4n) is 2.78. The second kappa shape index (κ2) is 11.2. The molecule has 11 heteroatoms. The van der Waals surface area contributed by atoms with Gasteiger partial charge in [0.25, 0.3) is 0 Å². The van der Waals surface area contributed by atoms with Crippen LogP contribution in [0.4, 0.5) is 4.79 Å². The van der Waals surface area contributed by atoms with Crippen molar-refractivity contribution >= 4 is 41.2 Å².